The molecule has 0 atom stereocenters. The number of aromatic nitrogens is 2. The van der Waals surface area contributed by atoms with Crippen LogP contribution in [0.2, 0.25) is 0 Å². The van der Waals surface area contributed by atoms with Crippen molar-refractivity contribution in [1.29, 1.82) is 0 Å². The van der Waals surface area contributed by atoms with E-state index in [2.05, 4.69) is 20.5 Å². The summed E-state index contributed by atoms with van der Waals surface area (Å²) in [5.41, 5.74) is 4.18. The van der Waals surface area contributed by atoms with Gasteiger partial charge in [-0.15, -0.1) is 0 Å². The standard InChI is InChI=1S/C13H9N5O4S/c19-12(7-1-3-9-10(5-7)16-13(23)15-9)17-14-6-8-2-4-11(22-8)18(20)21/h1-6H,(H,17,19)(H2,15,16,23)/b14-6+. The smallest absolute Gasteiger partial charge is 0.400 e. The monoisotopic (exact) mass is 331 g/mol. The molecule has 1 aromatic carbocycles. The van der Waals surface area contributed by atoms with Crippen LogP contribution in [-0.2, 0) is 0 Å². The first kappa shape index (κ1) is 14.7. The predicted octanol–water partition coefficient (Wildman–Crippen LogP) is 2.49. The fraction of sp³-hybridized carbons (Fsp3) is 0. The Hall–Kier alpha value is -3.27. The van der Waals surface area contributed by atoms with E-state index in [-0.39, 0.29) is 5.76 Å². The van der Waals surface area contributed by atoms with Crippen molar-refractivity contribution in [2.24, 2.45) is 5.10 Å². The number of imidazole rings is 1. The molecule has 0 bridgehead atoms. The van der Waals surface area contributed by atoms with Crippen molar-refractivity contribution in [3.05, 3.63) is 56.5 Å². The minimum atomic E-state index is -0.661. The number of H-pyrrole nitrogens is 2. The van der Waals surface area contributed by atoms with Gasteiger partial charge in [0.15, 0.2) is 10.5 Å². The number of nitro groups is 1. The van der Waals surface area contributed by atoms with Crippen molar-refractivity contribution in [2.75, 3.05) is 0 Å². The molecule has 0 aliphatic rings. The number of hydrogen-bond acceptors (Lipinski definition) is 6. The highest BCUT2D eigenvalue weighted by atomic mass is 32.1. The Morgan fingerprint density at radius 2 is 2.09 bits per heavy atom. The molecule has 0 radical (unpaired) electrons. The van der Waals surface area contributed by atoms with Crippen molar-refractivity contribution >= 4 is 41.3 Å². The molecular weight excluding hydrogens is 322 g/mol. The van der Waals surface area contributed by atoms with Crippen LogP contribution in [0.25, 0.3) is 11.0 Å². The molecular formula is C13H9N5O4S. The van der Waals surface area contributed by atoms with Crippen LogP contribution in [0.1, 0.15) is 16.1 Å². The Balaban J connectivity index is 1.70. The first-order chi connectivity index (χ1) is 11.0. The van der Waals surface area contributed by atoms with Gasteiger partial charge in [-0.1, -0.05) is 0 Å². The summed E-state index contributed by atoms with van der Waals surface area (Å²) < 4.78 is 5.34. The molecule has 0 saturated heterocycles. The number of benzene rings is 1. The van der Waals surface area contributed by atoms with Crippen LogP contribution in [0, 0.1) is 14.9 Å². The van der Waals surface area contributed by atoms with Crippen LogP contribution >= 0.6 is 12.2 Å². The minimum absolute atomic E-state index is 0.155. The van der Waals surface area contributed by atoms with E-state index in [0.29, 0.717) is 15.9 Å². The molecule has 0 unspecified atom stereocenters. The molecule has 0 aliphatic carbocycles. The van der Waals surface area contributed by atoms with Crippen LogP contribution in [0.15, 0.2) is 39.9 Å². The minimum Gasteiger partial charge on any atom is -0.400 e. The number of furan rings is 1. The largest absolute Gasteiger partial charge is 0.433 e. The molecule has 0 saturated carbocycles. The summed E-state index contributed by atoms with van der Waals surface area (Å²) in [6.45, 7) is 0. The van der Waals surface area contributed by atoms with E-state index in [9.17, 15) is 14.9 Å². The number of aromatic amines is 2. The van der Waals surface area contributed by atoms with Gasteiger partial charge in [-0.2, -0.15) is 5.10 Å². The summed E-state index contributed by atoms with van der Waals surface area (Å²) in [7, 11) is 0. The number of fused-ring (bicyclic) bond motifs is 1. The average molecular weight is 331 g/mol. The van der Waals surface area contributed by atoms with Gasteiger partial charge in [-0.25, -0.2) is 5.43 Å². The summed E-state index contributed by atoms with van der Waals surface area (Å²) in [5, 5.41) is 14.2. The maximum atomic E-state index is 12.0. The van der Waals surface area contributed by atoms with Gasteiger partial charge in [0.1, 0.15) is 4.92 Å². The molecule has 9 nitrogen and oxygen atoms in total. The molecule has 3 N–H and O–H groups in total. The van der Waals surface area contributed by atoms with E-state index >= 15 is 0 Å². The maximum absolute atomic E-state index is 12.0. The van der Waals surface area contributed by atoms with E-state index < -0.39 is 16.7 Å². The number of carbonyl (C=O) groups excluding carboxylic acids is 1. The molecule has 0 spiro atoms. The van der Waals surface area contributed by atoms with Gasteiger partial charge in [0.25, 0.3) is 5.91 Å². The Bertz CT molecular complexity index is 984. The van der Waals surface area contributed by atoms with Crippen LogP contribution in [0.5, 0.6) is 0 Å². The van der Waals surface area contributed by atoms with Crippen LogP contribution in [0.4, 0.5) is 5.88 Å². The van der Waals surface area contributed by atoms with E-state index in [0.717, 1.165) is 5.52 Å². The van der Waals surface area contributed by atoms with Crippen LogP contribution in [0.3, 0.4) is 0 Å². The van der Waals surface area contributed by atoms with Crippen LogP contribution < -0.4 is 5.43 Å². The molecule has 23 heavy (non-hydrogen) atoms. The lowest BCUT2D eigenvalue weighted by Gasteiger charge is -1.99. The fourth-order valence-electron chi connectivity index (χ4n) is 1.90. The highest BCUT2D eigenvalue weighted by Gasteiger charge is 2.10. The number of carbonyl (C=O) groups is 1. The molecule has 116 valence electrons. The topological polar surface area (TPSA) is 129 Å². The predicted molar refractivity (Wildman–Crippen MR) is 83.9 cm³/mol. The number of hydrazone groups is 1. The summed E-state index contributed by atoms with van der Waals surface area (Å²) in [4.78, 5) is 27.6. The Kier molecular flexibility index (Phi) is 3.73. The molecule has 2 aromatic heterocycles. The molecule has 3 rings (SSSR count). The molecule has 0 aliphatic heterocycles. The molecule has 1 amide bonds. The first-order valence-corrected chi connectivity index (χ1v) is 6.73. The second kappa shape index (κ2) is 5.85. The van der Waals surface area contributed by atoms with Crippen LogP contribution in [-0.4, -0.2) is 27.0 Å². The third-order valence-corrected chi connectivity index (χ3v) is 3.13. The average Bonchev–Trinajstić information content (AvgIpc) is 3.11. The Morgan fingerprint density at radius 1 is 1.30 bits per heavy atom. The number of amides is 1. The van der Waals surface area contributed by atoms with Crippen molar-refractivity contribution in [3.8, 4) is 0 Å². The molecule has 2 heterocycles. The third-order valence-electron chi connectivity index (χ3n) is 2.93. The summed E-state index contributed by atoms with van der Waals surface area (Å²) in [5.74, 6) is -0.683. The zero-order valence-corrected chi connectivity index (χ0v) is 12.2. The van der Waals surface area contributed by atoms with Crippen molar-refractivity contribution < 1.29 is 14.1 Å². The number of nitrogens with one attached hydrogen (secondary N) is 3. The normalized spacial score (nSPS) is 11.1. The highest BCUT2D eigenvalue weighted by molar-refractivity contribution is 7.71. The van der Waals surface area contributed by atoms with E-state index in [4.69, 9.17) is 16.6 Å². The van der Waals surface area contributed by atoms with Gasteiger partial charge in [-0.05, 0) is 36.5 Å². The summed E-state index contributed by atoms with van der Waals surface area (Å²) in [6, 6.07) is 7.54. The number of nitrogens with zero attached hydrogens (tertiary/aromatic N) is 2. The van der Waals surface area contributed by atoms with Gasteiger partial charge in [-0.3, -0.25) is 14.9 Å². The van der Waals surface area contributed by atoms with Gasteiger partial charge in [0.05, 0.1) is 23.3 Å². The maximum Gasteiger partial charge on any atom is 0.433 e. The zero-order valence-electron chi connectivity index (χ0n) is 11.4. The quantitative estimate of drug-likeness (QED) is 0.293. The second-order valence-corrected chi connectivity index (χ2v) is 4.88. The summed E-state index contributed by atoms with van der Waals surface area (Å²) >= 11 is 4.97. The van der Waals surface area contributed by atoms with Gasteiger partial charge >= 0.3 is 5.88 Å². The van der Waals surface area contributed by atoms with Gasteiger partial charge in [0.2, 0.25) is 0 Å². The van der Waals surface area contributed by atoms with E-state index in [1.165, 1.54) is 18.3 Å². The second-order valence-electron chi connectivity index (χ2n) is 4.47. The lowest BCUT2D eigenvalue weighted by atomic mass is 10.2. The zero-order chi connectivity index (χ0) is 16.4. The van der Waals surface area contributed by atoms with E-state index in [1.807, 2.05) is 0 Å². The van der Waals surface area contributed by atoms with Crippen molar-refractivity contribution in [3.63, 3.8) is 0 Å². The number of hydrogen-bond donors (Lipinski definition) is 3. The van der Waals surface area contributed by atoms with Crippen molar-refractivity contribution in [2.45, 2.75) is 0 Å². The van der Waals surface area contributed by atoms with Gasteiger partial charge in [0, 0.05) is 5.56 Å². The lowest BCUT2D eigenvalue weighted by molar-refractivity contribution is -0.402. The SMILES string of the molecule is O=C(N/N=C/c1ccc([N+](=O)[O-])o1)c1ccc2[nH]c(=S)[nH]c2c1. The fourth-order valence-corrected chi connectivity index (χ4v) is 2.12. The third kappa shape index (κ3) is 3.16. The number of rotatable bonds is 4. The molecule has 10 heteroatoms. The first-order valence-electron chi connectivity index (χ1n) is 6.32. The van der Waals surface area contributed by atoms with Crippen molar-refractivity contribution in [1.82, 2.24) is 15.4 Å². The Morgan fingerprint density at radius 3 is 2.83 bits per heavy atom. The molecule has 3 aromatic rings. The highest BCUT2D eigenvalue weighted by Crippen LogP contribution is 2.14. The van der Waals surface area contributed by atoms with Gasteiger partial charge < -0.3 is 14.4 Å². The summed E-state index contributed by atoms with van der Waals surface area (Å²) in [6.07, 6.45) is 1.17. The molecule has 0 fully saturated rings. The van der Waals surface area contributed by atoms with E-state index in [1.54, 1.807) is 18.2 Å². The Labute approximate surface area is 133 Å². The lowest BCUT2D eigenvalue weighted by Crippen LogP contribution is -2.17.